The third-order valence-corrected chi connectivity index (χ3v) is 2.61. The Labute approximate surface area is 94.9 Å². The number of H-pyrrole nitrogens is 2. The van der Waals surface area contributed by atoms with Gasteiger partial charge in [0.2, 0.25) is 0 Å². The number of rotatable bonds is 5. The van der Waals surface area contributed by atoms with Crippen LogP contribution in [0.3, 0.4) is 0 Å². The summed E-state index contributed by atoms with van der Waals surface area (Å²) in [5, 5.41) is 0. The normalized spacial score (nSPS) is 10.5. The van der Waals surface area contributed by atoms with Crippen LogP contribution in [-0.4, -0.2) is 9.97 Å². The molecule has 0 aliphatic heterocycles. The largest absolute Gasteiger partial charge is 0.336 e. The van der Waals surface area contributed by atoms with E-state index < -0.39 is 0 Å². The highest BCUT2D eigenvalue weighted by atomic mass is 32.1. The Bertz CT molecular complexity index is 419. The molecule has 0 unspecified atom stereocenters. The molecule has 1 aromatic rings. The summed E-state index contributed by atoms with van der Waals surface area (Å²) in [5.74, 6) is 0. The summed E-state index contributed by atoms with van der Waals surface area (Å²) >= 11 is 4.97. The number of aromatic nitrogens is 2. The van der Waals surface area contributed by atoms with E-state index in [9.17, 15) is 4.79 Å². The molecule has 1 rings (SSSR count). The summed E-state index contributed by atoms with van der Waals surface area (Å²) in [6.45, 7) is 4.21. The summed E-state index contributed by atoms with van der Waals surface area (Å²) in [6, 6.07) is 0. The lowest BCUT2D eigenvalue weighted by Crippen LogP contribution is -2.17. The number of aryl methyl sites for hydroxylation is 1. The minimum Gasteiger partial charge on any atom is -0.336 e. The van der Waals surface area contributed by atoms with Crippen molar-refractivity contribution in [3.8, 4) is 0 Å². The predicted octanol–water partition coefficient (Wildman–Crippen LogP) is 2.73. The van der Waals surface area contributed by atoms with Gasteiger partial charge in [-0.05, 0) is 31.5 Å². The van der Waals surface area contributed by atoms with Crippen molar-refractivity contribution in [2.45, 2.75) is 46.0 Å². The lowest BCUT2D eigenvalue weighted by Gasteiger charge is -2.06. The SMILES string of the molecule is CCCCc1[nH]c(=S)[nH]c(=O)c1CCC. The number of hydrogen-bond donors (Lipinski definition) is 2. The van der Waals surface area contributed by atoms with Crippen LogP contribution in [0.25, 0.3) is 0 Å². The summed E-state index contributed by atoms with van der Waals surface area (Å²) in [7, 11) is 0. The monoisotopic (exact) mass is 226 g/mol. The molecule has 0 fully saturated rings. The lowest BCUT2D eigenvalue weighted by molar-refractivity contribution is 0.745. The van der Waals surface area contributed by atoms with Crippen molar-refractivity contribution in [1.29, 1.82) is 0 Å². The van der Waals surface area contributed by atoms with Crippen molar-refractivity contribution in [3.05, 3.63) is 26.4 Å². The van der Waals surface area contributed by atoms with E-state index in [1.807, 2.05) is 0 Å². The van der Waals surface area contributed by atoms with Crippen molar-refractivity contribution < 1.29 is 0 Å². The third-order valence-electron chi connectivity index (χ3n) is 2.41. The molecule has 0 aliphatic rings. The summed E-state index contributed by atoms with van der Waals surface area (Å²) in [5.41, 5.74) is 1.87. The van der Waals surface area contributed by atoms with Crippen molar-refractivity contribution in [2.75, 3.05) is 0 Å². The predicted molar refractivity (Wildman–Crippen MR) is 64.9 cm³/mol. The van der Waals surface area contributed by atoms with E-state index in [0.29, 0.717) is 4.77 Å². The first-order chi connectivity index (χ1) is 7.19. The molecule has 0 spiro atoms. The second-order valence-corrected chi connectivity index (χ2v) is 4.13. The van der Waals surface area contributed by atoms with E-state index in [2.05, 4.69) is 23.8 Å². The molecule has 0 amide bonds. The molecule has 0 aromatic carbocycles. The summed E-state index contributed by atoms with van der Waals surface area (Å²) in [6.07, 6.45) is 4.93. The van der Waals surface area contributed by atoms with Crippen LogP contribution in [0.15, 0.2) is 4.79 Å². The smallest absolute Gasteiger partial charge is 0.255 e. The average molecular weight is 226 g/mol. The summed E-state index contributed by atoms with van der Waals surface area (Å²) in [4.78, 5) is 17.4. The molecule has 0 bridgehead atoms. The lowest BCUT2D eigenvalue weighted by atomic mass is 10.1. The highest BCUT2D eigenvalue weighted by Crippen LogP contribution is 2.07. The van der Waals surface area contributed by atoms with Gasteiger partial charge >= 0.3 is 0 Å². The molecule has 1 heterocycles. The van der Waals surface area contributed by atoms with Crippen LogP contribution in [0.2, 0.25) is 0 Å². The van der Waals surface area contributed by atoms with Crippen LogP contribution >= 0.6 is 12.2 Å². The van der Waals surface area contributed by atoms with Gasteiger partial charge in [0.25, 0.3) is 5.56 Å². The molecule has 84 valence electrons. The Hall–Kier alpha value is -0.900. The molecule has 0 aliphatic carbocycles. The third kappa shape index (κ3) is 3.30. The van der Waals surface area contributed by atoms with E-state index in [-0.39, 0.29) is 5.56 Å². The van der Waals surface area contributed by atoms with Gasteiger partial charge in [-0.2, -0.15) is 0 Å². The van der Waals surface area contributed by atoms with Crippen molar-refractivity contribution >= 4 is 12.2 Å². The second-order valence-electron chi connectivity index (χ2n) is 3.72. The fourth-order valence-corrected chi connectivity index (χ4v) is 1.86. The summed E-state index contributed by atoms with van der Waals surface area (Å²) < 4.78 is 0.436. The zero-order valence-corrected chi connectivity index (χ0v) is 10.2. The van der Waals surface area contributed by atoms with Crippen LogP contribution in [0.5, 0.6) is 0 Å². The van der Waals surface area contributed by atoms with Gasteiger partial charge in [-0.25, -0.2) is 0 Å². The second kappa shape index (κ2) is 5.85. The van der Waals surface area contributed by atoms with Gasteiger partial charge in [0.15, 0.2) is 4.77 Å². The molecular weight excluding hydrogens is 208 g/mol. The number of hydrogen-bond acceptors (Lipinski definition) is 2. The number of aromatic amines is 2. The van der Waals surface area contributed by atoms with Crippen molar-refractivity contribution in [2.24, 2.45) is 0 Å². The molecule has 2 N–H and O–H groups in total. The standard InChI is InChI=1S/C11H18N2OS/c1-3-5-7-9-8(6-4-2)10(14)13-11(15)12-9/h3-7H2,1-2H3,(H2,12,13,14,15). The molecular formula is C11H18N2OS. The first-order valence-corrected chi connectivity index (χ1v) is 5.94. The van der Waals surface area contributed by atoms with E-state index >= 15 is 0 Å². The fraction of sp³-hybridized carbons (Fsp3) is 0.636. The maximum Gasteiger partial charge on any atom is 0.255 e. The van der Waals surface area contributed by atoms with E-state index in [4.69, 9.17) is 12.2 Å². The van der Waals surface area contributed by atoms with Gasteiger partial charge in [0.05, 0.1) is 0 Å². The molecule has 0 atom stereocenters. The van der Waals surface area contributed by atoms with Crippen LogP contribution in [0.1, 0.15) is 44.4 Å². The van der Waals surface area contributed by atoms with Crippen molar-refractivity contribution in [3.63, 3.8) is 0 Å². The fourth-order valence-electron chi connectivity index (χ4n) is 1.64. The molecule has 0 saturated carbocycles. The van der Waals surface area contributed by atoms with Crippen LogP contribution < -0.4 is 5.56 Å². The van der Waals surface area contributed by atoms with Gasteiger partial charge < -0.3 is 4.98 Å². The Morgan fingerprint density at radius 1 is 1.13 bits per heavy atom. The van der Waals surface area contributed by atoms with Crippen LogP contribution in [0.4, 0.5) is 0 Å². The minimum absolute atomic E-state index is 0.0216. The van der Waals surface area contributed by atoms with Gasteiger partial charge in [-0.1, -0.05) is 26.7 Å². The maximum atomic E-state index is 11.7. The van der Waals surface area contributed by atoms with E-state index in [1.165, 1.54) is 0 Å². The number of unbranched alkanes of at least 4 members (excludes halogenated alkanes) is 1. The number of nitrogens with one attached hydrogen (secondary N) is 2. The molecule has 4 heteroatoms. The van der Waals surface area contributed by atoms with E-state index in [0.717, 1.165) is 43.4 Å². The maximum absolute atomic E-state index is 11.7. The zero-order chi connectivity index (χ0) is 11.3. The quantitative estimate of drug-likeness (QED) is 0.758. The van der Waals surface area contributed by atoms with E-state index in [1.54, 1.807) is 0 Å². The van der Waals surface area contributed by atoms with Gasteiger partial charge in [-0.15, -0.1) is 0 Å². The molecule has 3 nitrogen and oxygen atoms in total. The van der Waals surface area contributed by atoms with Crippen LogP contribution in [0, 0.1) is 4.77 Å². The molecule has 1 aromatic heterocycles. The Kier molecular flexibility index (Phi) is 4.75. The Balaban J connectivity index is 3.09. The topological polar surface area (TPSA) is 48.6 Å². The zero-order valence-electron chi connectivity index (χ0n) is 9.35. The molecule has 0 saturated heterocycles. The molecule has 0 radical (unpaired) electrons. The van der Waals surface area contributed by atoms with Gasteiger partial charge in [0.1, 0.15) is 0 Å². The molecule has 15 heavy (non-hydrogen) atoms. The van der Waals surface area contributed by atoms with Crippen LogP contribution in [-0.2, 0) is 12.8 Å². The van der Waals surface area contributed by atoms with Gasteiger partial charge in [0, 0.05) is 11.3 Å². The highest BCUT2D eigenvalue weighted by Gasteiger charge is 2.06. The van der Waals surface area contributed by atoms with Crippen molar-refractivity contribution in [1.82, 2.24) is 9.97 Å². The Morgan fingerprint density at radius 3 is 2.47 bits per heavy atom. The first kappa shape index (κ1) is 12.2. The average Bonchev–Trinajstić information content (AvgIpc) is 2.19. The van der Waals surface area contributed by atoms with Gasteiger partial charge in [-0.3, -0.25) is 9.78 Å². The Morgan fingerprint density at radius 2 is 1.87 bits per heavy atom. The first-order valence-electron chi connectivity index (χ1n) is 5.53. The minimum atomic E-state index is -0.0216. The highest BCUT2D eigenvalue weighted by molar-refractivity contribution is 7.71.